The second kappa shape index (κ2) is 4.19. The van der Waals surface area contributed by atoms with E-state index in [0.717, 1.165) is 33.4 Å². The van der Waals surface area contributed by atoms with Crippen LogP contribution in [-0.4, -0.2) is 4.98 Å². The summed E-state index contributed by atoms with van der Waals surface area (Å²) >= 11 is 6.22. The third-order valence-corrected chi connectivity index (χ3v) is 3.32. The van der Waals surface area contributed by atoms with Crippen molar-refractivity contribution >= 4 is 28.2 Å². The Bertz CT molecular complexity index is 589. The first-order valence-corrected chi connectivity index (χ1v) is 6.15. The molecule has 1 heterocycles. The molecule has 2 aromatic rings. The molecule has 2 nitrogen and oxygen atoms in total. The average Bonchev–Trinajstić information content (AvgIpc) is 2.19. The van der Waals surface area contributed by atoms with Crippen molar-refractivity contribution in [2.75, 3.05) is 5.73 Å². The van der Waals surface area contributed by atoms with Crippen LogP contribution in [0.3, 0.4) is 0 Å². The lowest BCUT2D eigenvalue weighted by molar-refractivity contribution is 0.851. The molecular weight excluding hydrogens is 232 g/mol. The van der Waals surface area contributed by atoms with Gasteiger partial charge in [-0.2, -0.15) is 0 Å². The molecule has 2 rings (SSSR count). The van der Waals surface area contributed by atoms with E-state index in [9.17, 15) is 0 Å². The van der Waals surface area contributed by atoms with E-state index < -0.39 is 0 Å². The highest BCUT2D eigenvalue weighted by atomic mass is 35.5. The van der Waals surface area contributed by atoms with Gasteiger partial charge in [0.25, 0.3) is 0 Å². The van der Waals surface area contributed by atoms with Crippen molar-refractivity contribution < 1.29 is 0 Å². The molecule has 0 amide bonds. The fourth-order valence-electron chi connectivity index (χ4n) is 2.35. The van der Waals surface area contributed by atoms with Gasteiger partial charge in [-0.3, -0.25) is 4.98 Å². The third-order valence-electron chi connectivity index (χ3n) is 3.03. The molecule has 1 aromatic carbocycles. The molecular formula is C14H17ClN2. The number of nitrogen functional groups attached to an aromatic ring is 1. The molecule has 17 heavy (non-hydrogen) atoms. The number of hydrogen-bond donors (Lipinski definition) is 1. The maximum atomic E-state index is 6.26. The van der Waals surface area contributed by atoms with Gasteiger partial charge < -0.3 is 5.73 Å². The minimum atomic E-state index is 0.367. The second-order valence-corrected chi connectivity index (χ2v) is 5.23. The number of hydrogen-bond acceptors (Lipinski definition) is 2. The normalized spacial score (nSPS) is 11.4. The van der Waals surface area contributed by atoms with Gasteiger partial charge in [0.05, 0.1) is 10.5 Å². The summed E-state index contributed by atoms with van der Waals surface area (Å²) in [6.07, 6.45) is 0. The van der Waals surface area contributed by atoms with Gasteiger partial charge in [-0.1, -0.05) is 25.4 Å². The Hall–Kier alpha value is -1.28. The molecule has 0 saturated heterocycles. The van der Waals surface area contributed by atoms with Crippen LogP contribution in [0, 0.1) is 13.8 Å². The molecule has 0 saturated carbocycles. The predicted octanol–water partition coefficient (Wildman–Crippen LogP) is 4.21. The Morgan fingerprint density at radius 2 is 1.88 bits per heavy atom. The van der Waals surface area contributed by atoms with E-state index in [4.69, 9.17) is 17.3 Å². The van der Waals surface area contributed by atoms with E-state index >= 15 is 0 Å². The highest BCUT2D eigenvalue weighted by molar-refractivity contribution is 6.35. The van der Waals surface area contributed by atoms with E-state index in [0.29, 0.717) is 10.9 Å². The molecule has 0 atom stereocenters. The minimum Gasteiger partial charge on any atom is -0.398 e. The summed E-state index contributed by atoms with van der Waals surface area (Å²) in [6, 6.07) is 3.97. The van der Waals surface area contributed by atoms with E-state index in [-0.39, 0.29) is 0 Å². The lowest BCUT2D eigenvalue weighted by Crippen LogP contribution is -2.03. The van der Waals surface area contributed by atoms with Gasteiger partial charge in [-0.15, -0.1) is 0 Å². The van der Waals surface area contributed by atoms with Crippen LogP contribution >= 0.6 is 11.6 Å². The van der Waals surface area contributed by atoms with Crippen LogP contribution in [0.25, 0.3) is 10.9 Å². The van der Waals surface area contributed by atoms with Gasteiger partial charge in [0.15, 0.2) is 0 Å². The number of pyridine rings is 1. The van der Waals surface area contributed by atoms with Crippen molar-refractivity contribution in [2.45, 2.75) is 33.6 Å². The molecule has 0 aliphatic carbocycles. The fourth-order valence-corrected chi connectivity index (χ4v) is 2.67. The smallest absolute Gasteiger partial charge is 0.0912 e. The van der Waals surface area contributed by atoms with Gasteiger partial charge in [0, 0.05) is 16.8 Å². The van der Waals surface area contributed by atoms with Gasteiger partial charge in [-0.05, 0) is 43.0 Å². The molecule has 0 unspecified atom stereocenters. The van der Waals surface area contributed by atoms with Crippen LogP contribution in [0.15, 0.2) is 12.1 Å². The zero-order chi connectivity index (χ0) is 12.7. The highest BCUT2D eigenvalue weighted by Crippen LogP contribution is 2.34. The summed E-state index contributed by atoms with van der Waals surface area (Å²) in [5.41, 5.74) is 11.1. The Morgan fingerprint density at radius 3 is 2.47 bits per heavy atom. The Labute approximate surface area is 107 Å². The minimum absolute atomic E-state index is 0.367. The lowest BCUT2D eigenvalue weighted by Gasteiger charge is -2.16. The first-order valence-electron chi connectivity index (χ1n) is 5.77. The number of anilines is 1. The number of fused-ring (bicyclic) bond motifs is 1. The number of benzene rings is 1. The zero-order valence-corrected chi connectivity index (χ0v) is 11.4. The number of aryl methyl sites for hydroxylation is 2. The summed E-state index contributed by atoms with van der Waals surface area (Å²) in [5.74, 6) is 0.367. The van der Waals surface area contributed by atoms with Crippen molar-refractivity contribution in [2.24, 2.45) is 0 Å². The van der Waals surface area contributed by atoms with Crippen LogP contribution in [-0.2, 0) is 0 Å². The molecule has 0 radical (unpaired) electrons. The predicted molar refractivity (Wildman–Crippen MR) is 74.7 cm³/mol. The fraction of sp³-hybridized carbons (Fsp3) is 0.357. The topological polar surface area (TPSA) is 38.9 Å². The number of rotatable bonds is 1. The maximum Gasteiger partial charge on any atom is 0.0912 e. The third kappa shape index (κ3) is 1.98. The lowest BCUT2D eigenvalue weighted by atomic mass is 9.96. The summed E-state index contributed by atoms with van der Waals surface area (Å²) in [5, 5.41) is 1.63. The van der Waals surface area contributed by atoms with Crippen molar-refractivity contribution in [3.8, 4) is 0 Å². The van der Waals surface area contributed by atoms with Crippen LogP contribution in [0.5, 0.6) is 0 Å². The van der Waals surface area contributed by atoms with E-state index in [2.05, 4.69) is 24.9 Å². The number of halogens is 1. The molecule has 0 aliphatic heterocycles. The second-order valence-electron chi connectivity index (χ2n) is 4.82. The number of nitrogens with two attached hydrogens (primary N) is 1. The first kappa shape index (κ1) is 12.2. The van der Waals surface area contributed by atoms with Crippen molar-refractivity contribution in [1.82, 2.24) is 4.98 Å². The van der Waals surface area contributed by atoms with Crippen LogP contribution in [0.4, 0.5) is 5.69 Å². The van der Waals surface area contributed by atoms with Gasteiger partial charge >= 0.3 is 0 Å². The summed E-state index contributed by atoms with van der Waals surface area (Å²) in [4.78, 5) is 4.59. The average molecular weight is 249 g/mol. The Morgan fingerprint density at radius 1 is 1.24 bits per heavy atom. The quantitative estimate of drug-likeness (QED) is 0.821. The Balaban J connectivity index is 2.92. The van der Waals surface area contributed by atoms with E-state index in [1.807, 2.05) is 19.9 Å². The summed E-state index contributed by atoms with van der Waals surface area (Å²) in [7, 11) is 0. The van der Waals surface area contributed by atoms with Crippen molar-refractivity contribution in [3.63, 3.8) is 0 Å². The molecule has 0 spiro atoms. The van der Waals surface area contributed by atoms with Crippen LogP contribution in [0.1, 0.15) is 36.6 Å². The van der Waals surface area contributed by atoms with Gasteiger partial charge in [-0.25, -0.2) is 0 Å². The highest BCUT2D eigenvalue weighted by Gasteiger charge is 2.14. The molecule has 1 aromatic heterocycles. The molecule has 2 N–H and O–H groups in total. The number of nitrogens with zero attached hydrogens (tertiary/aromatic N) is 1. The monoisotopic (exact) mass is 248 g/mol. The van der Waals surface area contributed by atoms with Crippen molar-refractivity contribution in [1.29, 1.82) is 0 Å². The zero-order valence-electron chi connectivity index (χ0n) is 10.6. The number of aromatic nitrogens is 1. The van der Waals surface area contributed by atoms with E-state index in [1.165, 1.54) is 0 Å². The molecule has 90 valence electrons. The Kier molecular flexibility index (Phi) is 3.00. The van der Waals surface area contributed by atoms with Crippen LogP contribution in [0.2, 0.25) is 5.02 Å². The largest absolute Gasteiger partial charge is 0.398 e. The van der Waals surface area contributed by atoms with Crippen molar-refractivity contribution in [3.05, 3.63) is 34.0 Å². The van der Waals surface area contributed by atoms with Gasteiger partial charge in [0.2, 0.25) is 0 Å². The molecule has 0 bridgehead atoms. The standard InChI is InChI=1S/C14H17ClN2/c1-7(2)12-9(4)17-14-10(13(12)16)5-8(3)6-11(14)15/h5-7H,1-4H3,(H2,16,17). The molecule has 0 aliphatic rings. The summed E-state index contributed by atoms with van der Waals surface area (Å²) in [6.45, 7) is 8.26. The molecule has 3 heteroatoms. The maximum absolute atomic E-state index is 6.26. The SMILES string of the molecule is Cc1cc(Cl)c2nc(C)c(C(C)C)c(N)c2c1. The van der Waals surface area contributed by atoms with Gasteiger partial charge in [0.1, 0.15) is 0 Å². The van der Waals surface area contributed by atoms with Crippen LogP contribution < -0.4 is 5.73 Å². The molecule has 0 fully saturated rings. The van der Waals surface area contributed by atoms with E-state index in [1.54, 1.807) is 0 Å². The summed E-state index contributed by atoms with van der Waals surface area (Å²) < 4.78 is 0. The first-order chi connectivity index (χ1) is 7.91.